The van der Waals surface area contributed by atoms with E-state index in [0.29, 0.717) is 13.2 Å². The summed E-state index contributed by atoms with van der Waals surface area (Å²) in [6.07, 6.45) is -0.752. The van der Waals surface area contributed by atoms with Crippen LogP contribution in [0.25, 0.3) is 11.1 Å². The molecule has 1 atom stereocenters. The highest BCUT2D eigenvalue weighted by molar-refractivity contribution is 5.66. The van der Waals surface area contributed by atoms with Crippen LogP contribution in [0.2, 0.25) is 0 Å². The molecular formula is C22H23NO3. The van der Waals surface area contributed by atoms with Gasteiger partial charge in [0.05, 0.1) is 12.7 Å². The van der Waals surface area contributed by atoms with E-state index in [9.17, 15) is 5.11 Å². The highest BCUT2D eigenvalue weighted by atomic mass is 16.5. The van der Waals surface area contributed by atoms with E-state index in [1.807, 2.05) is 78.9 Å². The van der Waals surface area contributed by atoms with E-state index < -0.39 is 6.10 Å². The molecule has 0 spiro atoms. The van der Waals surface area contributed by atoms with Gasteiger partial charge in [-0.05, 0) is 41.0 Å². The summed E-state index contributed by atoms with van der Waals surface area (Å²) in [6, 6.07) is 26.1. The lowest BCUT2D eigenvalue weighted by atomic mass is 10.1. The van der Waals surface area contributed by atoms with Crippen molar-refractivity contribution in [3.63, 3.8) is 0 Å². The van der Waals surface area contributed by atoms with Gasteiger partial charge in [-0.25, -0.2) is 0 Å². The monoisotopic (exact) mass is 349 g/mol. The van der Waals surface area contributed by atoms with Crippen LogP contribution in [0.1, 0.15) is 5.56 Å². The Morgan fingerprint density at radius 1 is 0.808 bits per heavy atom. The Labute approximate surface area is 153 Å². The predicted molar refractivity (Wildman–Crippen MR) is 104 cm³/mol. The third-order valence-corrected chi connectivity index (χ3v) is 4.07. The molecule has 3 aromatic rings. The van der Waals surface area contributed by atoms with Crippen molar-refractivity contribution in [1.29, 1.82) is 0 Å². The molecule has 0 amide bonds. The Kier molecular flexibility index (Phi) is 6.25. The molecule has 3 N–H and O–H groups in total. The number of nitrogens with one attached hydrogen (secondary N) is 1. The molecule has 134 valence electrons. The van der Waals surface area contributed by atoms with Crippen LogP contribution in [0, 0.1) is 0 Å². The molecule has 0 aromatic heterocycles. The van der Waals surface area contributed by atoms with Crippen molar-refractivity contribution in [3.05, 3.63) is 84.4 Å². The molecule has 0 fully saturated rings. The number of hydrogen-bond donors (Lipinski definition) is 3. The molecule has 4 nitrogen and oxygen atoms in total. The van der Waals surface area contributed by atoms with Crippen LogP contribution in [0.3, 0.4) is 0 Å². The van der Waals surface area contributed by atoms with Crippen molar-refractivity contribution >= 4 is 5.69 Å². The van der Waals surface area contributed by atoms with E-state index in [2.05, 4.69) is 5.32 Å². The van der Waals surface area contributed by atoms with Gasteiger partial charge in [-0.2, -0.15) is 0 Å². The third kappa shape index (κ3) is 5.09. The van der Waals surface area contributed by atoms with Crippen molar-refractivity contribution in [3.8, 4) is 16.9 Å². The molecule has 0 aliphatic heterocycles. The number of hydrogen-bond acceptors (Lipinski definition) is 4. The van der Waals surface area contributed by atoms with Gasteiger partial charge in [0.1, 0.15) is 12.4 Å². The van der Waals surface area contributed by atoms with E-state index in [-0.39, 0.29) is 6.61 Å². The first kappa shape index (κ1) is 18.0. The first-order valence-corrected chi connectivity index (χ1v) is 8.64. The largest absolute Gasteiger partial charge is 0.489 e. The molecule has 0 heterocycles. The van der Waals surface area contributed by atoms with Crippen molar-refractivity contribution in [1.82, 2.24) is 0 Å². The van der Waals surface area contributed by atoms with E-state index >= 15 is 0 Å². The summed E-state index contributed by atoms with van der Waals surface area (Å²) in [5, 5.41) is 21.3. The lowest BCUT2D eigenvalue weighted by molar-refractivity contribution is 0.105. The summed E-state index contributed by atoms with van der Waals surface area (Å²) < 4.78 is 5.81. The molecule has 3 rings (SSSR count). The van der Waals surface area contributed by atoms with Crippen LogP contribution in [0.15, 0.2) is 78.9 Å². The minimum absolute atomic E-state index is 0.246. The molecule has 0 saturated heterocycles. The Balaban J connectivity index is 1.57. The van der Waals surface area contributed by atoms with Crippen LogP contribution in [0.5, 0.6) is 5.75 Å². The molecule has 0 aliphatic carbocycles. The molecule has 0 aliphatic rings. The second-order valence-electron chi connectivity index (χ2n) is 6.09. The normalized spacial score (nSPS) is 11.8. The molecule has 26 heavy (non-hydrogen) atoms. The minimum Gasteiger partial charge on any atom is -0.489 e. The number of ether oxygens (including phenoxy) is 1. The number of rotatable bonds is 8. The topological polar surface area (TPSA) is 61.7 Å². The van der Waals surface area contributed by atoms with E-state index in [1.54, 1.807) is 0 Å². The number of aliphatic hydroxyl groups is 2. The lowest BCUT2D eigenvalue weighted by Crippen LogP contribution is -2.22. The molecule has 0 radical (unpaired) electrons. The zero-order valence-electron chi connectivity index (χ0n) is 14.5. The second kappa shape index (κ2) is 9.04. The van der Waals surface area contributed by atoms with Crippen molar-refractivity contribution in [2.45, 2.75) is 12.7 Å². The average Bonchev–Trinajstić information content (AvgIpc) is 2.72. The van der Waals surface area contributed by atoms with E-state index in [1.165, 1.54) is 0 Å². The van der Waals surface area contributed by atoms with Crippen LogP contribution in [0.4, 0.5) is 5.69 Å². The summed E-state index contributed by atoms with van der Waals surface area (Å²) in [5.74, 6) is 0.842. The quantitative estimate of drug-likeness (QED) is 0.580. The summed E-state index contributed by atoms with van der Waals surface area (Å²) >= 11 is 0. The molecule has 0 bridgehead atoms. The highest BCUT2D eigenvalue weighted by Crippen LogP contribution is 2.24. The van der Waals surface area contributed by atoms with Crippen molar-refractivity contribution < 1.29 is 14.9 Å². The third-order valence-electron chi connectivity index (χ3n) is 4.07. The van der Waals surface area contributed by atoms with E-state index in [0.717, 1.165) is 28.1 Å². The maximum atomic E-state index is 9.37. The second-order valence-corrected chi connectivity index (χ2v) is 6.09. The van der Waals surface area contributed by atoms with Crippen LogP contribution < -0.4 is 10.1 Å². The van der Waals surface area contributed by atoms with Gasteiger partial charge >= 0.3 is 0 Å². The Morgan fingerprint density at radius 3 is 2.04 bits per heavy atom. The summed E-state index contributed by atoms with van der Waals surface area (Å²) in [7, 11) is 0. The predicted octanol–water partition coefficient (Wildman–Crippen LogP) is 3.70. The van der Waals surface area contributed by atoms with Crippen LogP contribution >= 0.6 is 0 Å². The van der Waals surface area contributed by atoms with E-state index in [4.69, 9.17) is 9.84 Å². The van der Waals surface area contributed by atoms with Gasteiger partial charge in [0, 0.05) is 12.2 Å². The highest BCUT2D eigenvalue weighted by Gasteiger charge is 2.03. The van der Waals surface area contributed by atoms with Crippen molar-refractivity contribution in [2.75, 3.05) is 18.5 Å². The smallest absolute Gasteiger partial charge is 0.119 e. The Bertz CT molecular complexity index is 786. The maximum Gasteiger partial charge on any atom is 0.119 e. The maximum absolute atomic E-state index is 9.37. The molecule has 4 heteroatoms. The number of anilines is 1. The average molecular weight is 349 g/mol. The Morgan fingerprint density at radius 2 is 1.42 bits per heavy atom. The SMILES string of the molecule is OCC(O)CNc1ccc(-c2ccc(OCc3ccccc3)cc2)cc1. The van der Waals surface area contributed by atoms with Gasteiger partial charge in [0.25, 0.3) is 0 Å². The molecular weight excluding hydrogens is 326 g/mol. The van der Waals surface area contributed by atoms with Gasteiger partial charge in [0.2, 0.25) is 0 Å². The van der Waals surface area contributed by atoms with Gasteiger partial charge in [-0.3, -0.25) is 0 Å². The molecule has 1 unspecified atom stereocenters. The fourth-order valence-corrected chi connectivity index (χ4v) is 2.57. The number of aliphatic hydroxyl groups excluding tert-OH is 2. The zero-order chi connectivity index (χ0) is 18.2. The van der Waals surface area contributed by atoms with Gasteiger partial charge in [-0.1, -0.05) is 54.6 Å². The standard InChI is InChI=1S/C22H23NO3/c24-15-21(25)14-23-20-10-6-18(7-11-20)19-8-12-22(13-9-19)26-16-17-4-2-1-3-5-17/h1-13,21,23-25H,14-16H2. The first-order valence-electron chi connectivity index (χ1n) is 8.64. The fourth-order valence-electron chi connectivity index (χ4n) is 2.57. The zero-order valence-corrected chi connectivity index (χ0v) is 14.5. The summed E-state index contributed by atoms with van der Waals surface area (Å²) in [4.78, 5) is 0. The molecule has 3 aromatic carbocycles. The number of benzene rings is 3. The van der Waals surface area contributed by atoms with Gasteiger partial charge < -0.3 is 20.3 Å². The first-order chi connectivity index (χ1) is 12.7. The lowest BCUT2D eigenvalue weighted by Gasteiger charge is -2.11. The summed E-state index contributed by atoms with van der Waals surface area (Å²) in [6.45, 7) is 0.632. The minimum atomic E-state index is -0.752. The van der Waals surface area contributed by atoms with Crippen LogP contribution in [-0.2, 0) is 6.61 Å². The summed E-state index contributed by atoms with van der Waals surface area (Å²) in [5.41, 5.74) is 4.27. The molecule has 0 saturated carbocycles. The fraction of sp³-hybridized carbons (Fsp3) is 0.182. The van der Waals surface area contributed by atoms with Crippen LogP contribution in [-0.4, -0.2) is 29.5 Å². The van der Waals surface area contributed by atoms with Gasteiger partial charge in [0.15, 0.2) is 0 Å². The van der Waals surface area contributed by atoms with Gasteiger partial charge in [-0.15, -0.1) is 0 Å². The Hall–Kier alpha value is -2.82. The van der Waals surface area contributed by atoms with Crippen molar-refractivity contribution in [2.24, 2.45) is 0 Å².